The minimum Gasteiger partial charge on any atom is -0.381 e. The largest absolute Gasteiger partial charge is 0.381 e. The molecular weight excluding hydrogens is 364 g/mol. The molecule has 3 saturated heterocycles. The summed E-state index contributed by atoms with van der Waals surface area (Å²) in [5.41, 5.74) is 11.0. The molecule has 0 atom stereocenters. The number of piperidine rings is 2. The normalized spacial score (nSPS) is 21.2. The quantitative estimate of drug-likeness (QED) is 0.657. The lowest BCUT2D eigenvalue weighted by atomic mass is 9.94. The van der Waals surface area contributed by atoms with Crippen LogP contribution in [-0.2, 0) is 4.74 Å². The molecule has 3 rings (SSSR count). The Balaban J connectivity index is 0.000000235. The highest BCUT2D eigenvalue weighted by Gasteiger charge is 2.19. The Bertz CT molecular complexity index is 409. The van der Waals surface area contributed by atoms with Gasteiger partial charge in [0, 0.05) is 45.8 Å². The Labute approximate surface area is 178 Å². The van der Waals surface area contributed by atoms with Gasteiger partial charge in [-0.3, -0.25) is 4.85 Å². The zero-order valence-electron chi connectivity index (χ0n) is 18.2. The Morgan fingerprint density at radius 2 is 1.52 bits per heavy atom. The molecule has 29 heavy (non-hydrogen) atoms. The number of rotatable bonds is 6. The van der Waals surface area contributed by atoms with Crippen molar-refractivity contribution in [2.45, 2.75) is 51.4 Å². The average molecular weight is 407 g/mol. The van der Waals surface area contributed by atoms with E-state index in [0.29, 0.717) is 19.0 Å². The van der Waals surface area contributed by atoms with Gasteiger partial charge in [0.2, 0.25) is 0 Å². The Hall–Kier alpha value is -1.22. The van der Waals surface area contributed by atoms with Gasteiger partial charge in [0.25, 0.3) is 6.67 Å². The predicted molar refractivity (Wildman–Crippen MR) is 118 cm³/mol. The van der Waals surface area contributed by atoms with Crippen LogP contribution in [0.1, 0.15) is 51.4 Å². The van der Waals surface area contributed by atoms with Crippen LogP contribution in [0.15, 0.2) is 0 Å². The van der Waals surface area contributed by atoms with E-state index in [1.807, 2.05) is 0 Å². The predicted octanol–water partition coefficient (Wildman–Crippen LogP) is 2.29. The van der Waals surface area contributed by atoms with Gasteiger partial charge in [0.05, 0.1) is 6.07 Å². The lowest BCUT2D eigenvalue weighted by Gasteiger charge is -2.31. The molecule has 3 fully saturated rings. The van der Waals surface area contributed by atoms with E-state index in [9.17, 15) is 0 Å². The minimum absolute atomic E-state index is 0.527. The van der Waals surface area contributed by atoms with Crippen molar-refractivity contribution >= 4 is 0 Å². The Kier molecular flexibility index (Phi) is 15.7. The SMILES string of the molecule is C1CCOC1.NCCC1CCN(CCN)CC1.[C-]#[N+]CN1CCC(CC#N)CC1. The Morgan fingerprint density at radius 3 is 1.97 bits per heavy atom. The monoisotopic (exact) mass is 406 g/mol. The first-order valence-electron chi connectivity index (χ1n) is 11.4. The van der Waals surface area contributed by atoms with Crippen molar-refractivity contribution in [2.24, 2.45) is 23.3 Å². The molecule has 3 heterocycles. The highest BCUT2D eigenvalue weighted by molar-refractivity contribution is 4.81. The standard InChI is InChI=1S/C9H13N3.C9H21N3.C4H8O/c1-11-8-12-6-3-9(2-5-10)4-7-12;10-4-1-9-2-6-12(7-3-9)8-5-11;1-2-4-5-3-1/h9H,2-4,6-8H2;9H,1-8,10-11H2;1-4H2. The number of nitriles is 1. The van der Waals surface area contributed by atoms with Gasteiger partial charge in [-0.05, 0) is 76.4 Å². The maximum Gasteiger partial charge on any atom is 0.270 e. The number of nitrogens with zero attached hydrogens (tertiary/aromatic N) is 4. The first kappa shape index (κ1) is 25.8. The molecule has 0 bridgehead atoms. The van der Waals surface area contributed by atoms with Gasteiger partial charge in [-0.15, -0.1) is 0 Å². The number of nitrogens with two attached hydrogens (primary N) is 2. The van der Waals surface area contributed by atoms with E-state index in [1.165, 1.54) is 45.2 Å². The van der Waals surface area contributed by atoms with Crippen LogP contribution in [0, 0.1) is 29.7 Å². The minimum atomic E-state index is 0.527. The second kappa shape index (κ2) is 17.6. The number of ether oxygens (including phenoxy) is 1. The summed E-state index contributed by atoms with van der Waals surface area (Å²) in [7, 11) is 0. The van der Waals surface area contributed by atoms with E-state index in [2.05, 4.69) is 20.7 Å². The molecule has 0 unspecified atom stereocenters. The van der Waals surface area contributed by atoms with Crippen LogP contribution in [0.25, 0.3) is 4.85 Å². The van der Waals surface area contributed by atoms with Gasteiger partial charge in [0.1, 0.15) is 0 Å². The van der Waals surface area contributed by atoms with Gasteiger partial charge in [0.15, 0.2) is 0 Å². The van der Waals surface area contributed by atoms with Crippen molar-refractivity contribution in [3.63, 3.8) is 0 Å². The molecule has 0 aromatic carbocycles. The molecule has 3 aliphatic rings. The van der Waals surface area contributed by atoms with E-state index < -0.39 is 0 Å². The lowest BCUT2D eigenvalue weighted by Crippen LogP contribution is -2.37. The molecule has 4 N–H and O–H groups in total. The van der Waals surface area contributed by atoms with Crippen LogP contribution in [0.3, 0.4) is 0 Å². The van der Waals surface area contributed by atoms with Gasteiger partial charge in [-0.25, -0.2) is 11.5 Å². The average Bonchev–Trinajstić information content (AvgIpc) is 3.33. The first-order valence-corrected chi connectivity index (χ1v) is 11.4. The maximum atomic E-state index is 8.48. The Morgan fingerprint density at radius 1 is 0.931 bits per heavy atom. The van der Waals surface area contributed by atoms with E-state index in [1.54, 1.807) is 0 Å². The molecule has 0 saturated carbocycles. The van der Waals surface area contributed by atoms with Crippen LogP contribution in [-0.4, -0.2) is 75.5 Å². The number of likely N-dealkylation sites (tertiary alicyclic amines) is 2. The van der Waals surface area contributed by atoms with Gasteiger partial charge in [-0.1, -0.05) is 0 Å². The van der Waals surface area contributed by atoms with Crippen LogP contribution >= 0.6 is 0 Å². The fourth-order valence-electron chi connectivity index (χ4n) is 3.99. The third-order valence-corrected chi connectivity index (χ3v) is 5.91. The summed E-state index contributed by atoms with van der Waals surface area (Å²) in [5.74, 6) is 1.46. The molecule has 0 aromatic heterocycles. The second-order valence-electron chi connectivity index (χ2n) is 8.19. The van der Waals surface area contributed by atoms with Crippen LogP contribution < -0.4 is 11.5 Å². The third kappa shape index (κ3) is 12.8. The summed E-state index contributed by atoms with van der Waals surface area (Å²) >= 11 is 0. The molecule has 7 nitrogen and oxygen atoms in total. The van der Waals surface area contributed by atoms with Crippen molar-refractivity contribution in [3.05, 3.63) is 11.4 Å². The number of hydrogen-bond acceptors (Lipinski definition) is 6. The molecule has 0 spiro atoms. The van der Waals surface area contributed by atoms with Crippen molar-refractivity contribution in [2.75, 3.05) is 65.7 Å². The summed E-state index contributed by atoms with van der Waals surface area (Å²) in [5, 5.41) is 8.48. The van der Waals surface area contributed by atoms with Crippen molar-refractivity contribution < 1.29 is 4.74 Å². The fourth-order valence-corrected chi connectivity index (χ4v) is 3.99. The van der Waals surface area contributed by atoms with E-state index in [4.69, 9.17) is 28.0 Å². The lowest BCUT2D eigenvalue weighted by molar-refractivity contribution is 0.184. The fraction of sp³-hybridized carbons (Fsp3) is 0.909. The molecule has 0 radical (unpaired) electrons. The molecule has 3 aliphatic heterocycles. The zero-order valence-corrected chi connectivity index (χ0v) is 18.2. The highest BCUT2D eigenvalue weighted by Crippen LogP contribution is 2.20. The summed E-state index contributed by atoms with van der Waals surface area (Å²) in [6.45, 7) is 16.4. The van der Waals surface area contributed by atoms with Crippen LogP contribution in [0.5, 0.6) is 0 Å². The molecule has 0 aliphatic carbocycles. The molecular formula is C22H42N6O. The molecule has 7 heteroatoms. The van der Waals surface area contributed by atoms with E-state index in [-0.39, 0.29) is 0 Å². The molecule has 0 aromatic rings. The second-order valence-corrected chi connectivity index (χ2v) is 8.19. The van der Waals surface area contributed by atoms with Crippen molar-refractivity contribution in [1.82, 2.24) is 9.80 Å². The van der Waals surface area contributed by atoms with E-state index in [0.717, 1.165) is 64.7 Å². The number of hydrogen-bond donors (Lipinski definition) is 2. The third-order valence-electron chi connectivity index (χ3n) is 5.91. The van der Waals surface area contributed by atoms with Crippen LogP contribution in [0.2, 0.25) is 0 Å². The summed E-state index contributed by atoms with van der Waals surface area (Å²) in [6, 6.07) is 2.21. The topological polar surface area (TPSA) is 95.9 Å². The molecule has 0 amide bonds. The van der Waals surface area contributed by atoms with E-state index >= 15 is 0 Å². The van der Waals surface area contributed by atoms with Crippen molar-refractivity contribution in [3.8, 4) is 6.07 Å². The smallest absolute Gasteiger partial charge is 0.270 e. The maximum absolute atomic E-state index is 8.48. The highest BCUT2D eigenvalue weighted by atomic mass is 16.5. The van der Waals surface area contributed by atoms with Gasteiger partial charge >= 0.3 is 0 Å². The summed E-state index contributed by atoms with van der Waals surface area (Å²) in [6.07, 6.45) is 9.25. The summed E-state index contributed by atoms with van der Waals surface area (Å²) in [4.78, 5) is 7.95. The van der Waals surface area contributed by atoms with Gasteiger partial charge in [-0.2, -0.15) is 5.26 Å². The summed E-state index contributed by atoms with van der Waals surface area (Å²) < 4.78 is 4.94. The van der Waals surface area contributed by atoms with Crippen LogP contribution in [0.4, 0.5) is 0 Å². The first-order chi connectivity index (χ1) is 14.2. The van der Waals surface area contributed by atoms with Crippen molar-refractivity contribution in [1.29, 1.82) is 5.26 Å². The van der Waals surface area contributed by atoms with Gasteiger partial charge < -0.3 is 21.1 Å². The zero-order chi connectivity index (χ0) is 21.2. The molecule has 166 valence electrons.